The molecule has 1 aromatic carbocycles. The first kappa shape index (κ1) is 15.2. The normalized spacial score (nSPS) is 17.4. The Labute approximate surface area is 124 Å². The van der Waals surface area contributed by atoms with Gasteiger partial charge >= 0.3 is 6.09 Å². The number of likely N-dealkylation sites (tertiary alicyclic amines) is 1. The number of hydrogen-bond donors (Lipinski definition) is 1. The summed E-state index contributed by atoms with van der Waals surface area (Å²) in [6.45, 7) is 2.94. The molecular formula is C15H20N2O4. The monoisotopic (exact) mass is 292 g/mol. The molecule has 1 N–H and O–H groups in total. The molecule has 6 nitrogen and oxygen atoms in total. The van der Waals surface area contributed by atoms with Gasteiger partial charge in [-0.2, -0.15) is 0 Å². The van der Waals surface area contributed by atoms with Crippen molar-refractivity contribution in [2.24, 2.45) is 0 Å². The number of anilines is 1. The molecule has 0 bridgehead atoms. The average molecular weight is 292 g/mol. The molecule has 6 heteroatoms. The van der Waals surface area contributed by atoms with E-state index in [0.29, 0.717) is 31.0 Å². The third kappa shape index (κ3) is 3.45. The van der Waals surface area contributed by atoms with E-state index in [0.717, 1.165) is 6.42 Å². The van der Waals surface area contributed by atoms with E-state index in [4.69, 9.17) is 9.47 Å². The van der Waals surface area contributed by atoms with Crippen molar-refractivity contribution in [2.45, 2.75) is 25.8 Å². The van der Waals surface area contributed by atoms with Crippen LogP contribution < -0.4 is 10.1 Å². The highest BCUT2D eigenvalue weighted by molar-refractivity contribution is 5.97. The summed E-state index contributed by atoms with van der Waals surface area (Å²) in [5, 5.41) is 2.83. The van der Waals surface area contributed by atoms with Gasteiger partial charge in [0.05, 0.1) is 19.4 Å². The minimum Gasteiger partial charge on any atom is -0.492 e. The average Bonchev–Trinajstić information content (AvgIpc) is 2.98. The van der Waals surface area contributed by atoms with Crippen molar-refractivity contribution in [3.8, 4) is 5.75 Å². The summed E-state index contributed by atoms with van der Waals surface area (Å²) in [6.07, 6.45) is 0.962. The van der Waals surface area contributed by atoms with E-state index >= 15 is 0 Å². The predicted octanol–water partition coefficient (Wildman–Crippen LogP) is 2.25. The Balaban J connectivity index is 2.09. The highest BCUT2D eigenvalue weighted by Crippen LogP contribution is 2.26. The van der Waals surface area contributed by atoms with Crippen molar-refractivity contribution in [2.75, 3.05) is 25.6 Å². The second kappa shape index (κ2) is 6.97. The Bertz CT molecular complexity index is 518. The summed E-state index contributed by atoms with van der Waals surface area (Å²) in [7, 11) is 1.32. The number of rotatable bonds is 4. The Morgan fingerprint density at radius 3 is 2.86 bits per heavy atom. The molecule has 2 amide bonds. The van der Waals surface area contributed by atoms with E-state index in [-0.39, 0.29) is 5.91 Å². The first-order valence-corrected chi connectivity index (χ1v) is 7.04. The lowest BCUT2D eigenvalue weighted by Crippen LogP contribution is -2.43. The minimum atomic E-state index is -0.493. The second-order valence-electron chi connectivity index (χ2n) is 4.74. The van der Waals surface area contributed by atoms with Crippen LogP contribution in [0.4, 0.5) is 10.5 Å². The third-order valence-electron chi connectivity index (χ3n) is 3.41. The van der Waals surface area contributed by atoms with Gasteiger partial charge in [-0.15, -0.1) is 0 Å². The molecule has 1 aromatic rings. The maximum atomic E-state index is 12.4. The van der Waals surface area contributed by atoms with Crippen LogP contribution in [0.2, 0.25) is 0 Å². The maximum absolute atomic E-state index is 12.4. The van der Waals surface area contributed by atoms with Gasteiger partial charge in [-0.3, -0.25) is 9.69 Å². The first-order valence-electron chi connectivity index (χ1n) is 7.04. The van der Waals surface area contributed by atoms with E-state index in [9.17, 15) is 9.59 Å². The molecule has 1 aliphatic rings. The van der Waals surface area contributed by atoms with Crippen LogP contribution in [-0.2, 0) is 9.53 Å². The Morgan fingerprint density at radius 2 is 2.14 bits per heavy atom. The molecule has 21 heavy (non-hydrogen) atoms. The molecule has 1 atom stereocenters. The number of carbonyl (C=O) groups excluding carboxylic acids is 2. The van der Waals surface area contributed by atoms with Crippen molar-refractivity contribution < 1.29 is 19.1 Å². The SMILES string of the molecule is CCOc1ccccc1NC(=O)C1CCCN1C(=O)OC. The topological polar surface area (TPSA) is 67.9 Å². The largest absolute Gasteiger partial charge is 0.492 e. The van der Waals surface area contributed by atoms with Crippen LogP contribution in [0.5, 0.6) is 5.75 Å². The summed E-state index contributed by atoms with van der Waals surface area (Å²) in [4.78, 5) is 25.5. The molecule has 0 spiro atoms. The lowest BCUT2D eigenvalue weighted by molar-refractivity contribution is -0.120. The summed E-state index contributed by atoms with van der Waals surface area (Å²) >= 11 is 0. The smallest absolute Gasteiger partial charge is 0.410 e. The van der Waals surface area contributed by atoms with Crippen LogP contribution in [0.3, 0.4) is 0 Å². The number of carbonyl (C=O) groups is 2. The maximum Gasteiger partial charge on any atom is 0.410 e. The zero-order valence-electron chi connectivity index (χ0n) is 12.3. The molecule has 1 heterocycles. The van der Waals surface area contributed by atoms with Gasteiger partial charge in [0.1, 0.15) is 11.8 Å². The van der Waals surface area contributed by atoms with E-state index in [1.54, 1.807) is 12.1 Å². The lowest BCUT2D eigenvalue weighted by Gasteiger charge is -2.22. The standard InChI is InChI=1S/C15H20N2O4/c1-3-21-13-9-5-4-7-11(13)16-14(18)12-8-6-10-17(12)15(19)20-2/h4-5,7,9,12H,3,6,8,10H2,1-2H3,(H,16,18). The molecule has 0 radical (unpaired) electrons. The minimum absolute atomic E-state index is 0.218. The van der Waals surface area contributed by atoms with Crippen molar-refractivity contribution in [1.82, 2.24) is 4.90 Å². The van der Waals surface area contributed by atoms with Crippen molar-refractivity contribution in [3.63, 3.8) is 0 Å². The summed E-state index contributed by atoms with van der Waals surface area (Å²) in [5.41, 5.74) is 0.612. The van der Waals surface area contributed by atoms with Crippen LogP contribution in [0.1, 0.15) is 19.8 Å². The molecule has 0 aromatic heterocycles. The van der Waals surface area contributed by atoms with Crippen molar-refractivity contribution in [1.29, 1.82) is 0 Å². The quantitative estimate of drug-likeness (QED) is 0.924. The number of hydrogen-bond acceptors (Lipinski definition) is 4. The molecule has 1 unspecified atom stereocenters. The molecule has 1 fully saturated rings. The number of benzene rings is 1. The van der Waals surface area contributed by atoms with Crippen LogP contribution in [0.25, 0.3) is 0 Å². The second-order valence-corrected chi connectivity index (χ2v) is 4.74. The molecular weight excluding hydrogens is 272 g/mol. The van der Waals surface area contributed by atoms with Gasteiger partial charge in [0, 0.05) is 6.54 Å². The molecule has 2 rings (SSSR count). The molecule has 1 aliphatic heterocycles. The molecule has 114 valence electrons. The van der Waals surface area contributed by atoms with Gasteiger partial charge < -0.3 is 14.8 Å². The number of nitrogens with one attached hydrogen (secondary N) is 1. The van der Waals surface area contributed by atoms with Crippen LogP contribution in [0.15, 0.2) is 24.3 Å². The highest BCUT2D eigenvalue weighted by atomic mass is 16.5. The number of methoxy groups -OCH3 is 1. The Morgan fingerprint density at radius 1 is 1.38 bits per heavy atom. The first-order chi connectivity index (χ1) is 10.2. The number of nitrogens with zero attached hydrogens (tertiary/aromatic N) is 1. The third-order valence-corrected chi connectivity index (χ3v) is 3.41. The zero-order chi connectivity index (χ0) is 15.2. The van der Waals surface area contributed by atoms with Crippen LogP contribution in [0, 0.1) is 0 Å². The number of para-hydroxylation sites is 2. The van der Waals surface area contributed by atoms with Crippen LogP contribution in [-0.4, -0.2) is 43.2 Å². The van der Waals surface area contributed by atoms with Gasteiger partial charge in [-0.1, -0.05) is 12.1 Å². The van der Waals surface area contributed by atoms with Crippen molar-refractivity contribution >= 4 is 17.7 Å². The number of ether oxygens (including phenoxy) is 2. The van der Waals surface area contributed by atoms with Crippen molar-refractivity contribution in [3.05, 3.63) is 24.3 Å². The fourth-order valence-corrected chi connectivity index (χ4v) is 2.44. The predicted molar refractivity (Wildman–Crippen MR) is 78.4 cm³/mol. The van der Waals surface area contributed by atoms with Gasteiger partial charge in [-0.25, -0.2) is 4.79 Å². The Kier molecular flexibility index (Phi) is 5.03. The highest BCUT2D eigenvalue weighted by Gasteiger charge is 2.34. The van der Waals surface area contributed by atoms with E-state index in [1.165, 1.54) is 12.0 Å². The zero-order valence-corrected chi connectivity index (χ0v) is 12.3. The van der Waals surface area contributed by atoms with Gasteiger partial charge in [0.2, 0.25) is 5.91 Å². The van der Waals surface area contributed by atoms with Gasteiger partial charge in [0.25, 0.3) is 0 Å². The summed E-state index contributed by atoms with van der Waals surface area (Å²) in [6, 6.07) is 6.75. The van der Waals surface area contributed by atoms with Gasteiger partial charge in [-0.05, 0) is 31.9 Å². The fourth-order valence-electron chi connectivity index (χ4n) is 2.44. The fraction of sp³-hybridized carbons (Fsp3) is 0.467. The van der Waals surface area contributed by atoms with E-state index < -0.39 is 12.1 Å². The Hall–Kier alpha value is -2.24. The van der Waals surface area contributed by atoms with E-state index in [1.807, 2.05) is 19.1 Å². The molecule has 0 saturated carbocycles. The van der Waals surface area contributed by atoms with Gasteiger partial charge in [0.15, 0.2) is 0 Å². The molecule has 0 aliphatic carbocycles. The summed E-state index contributed by atoms with van der Waals surface area (Å²) < 4.78 is 10.2. The lowest BCUT2D eigenvalue weighted by atomic mass is 10.2. The van der Waals surface area contributed by atoms with E-state index in [2.05, 4.69) is 5.32 Å². The number of amides is 2. The molecule has 1 saturated heterocycles. The van der Waals surface area contributed by atoms with Crippen LogP contribution >= 0.6 is 0 Å². The summed E-state index contributed by atoms with van der Waals surface area (Å²) in [5.74, 6) is 0.404.